The van der Waals surface area contributed by atoms with Crippen molar-refractivity contribution in [2.45, 2.75) is 45.7 Å². The van der Waals surface area contributed by atoms with Gasteiger partial charge in [-0.1, -0.05) is 43.7 Å². The molecule has 0 radical (unpaired) electrons. The second-order valence-electron chi connectivity index (χ2n) is 7.22. The van der Waals surface area contributed by atoms with Crippen LogP contribution in [0.4, 0.5) is 0 Å². The Bertz CT molecular complexity index is 621. The van der Waals surface area contributed by atoms with Crippen LogP contribution in [-0.4, -0.2) is 39.3 Å². The van der Waals surface area contributed by atoms with Crippen LogP contribution in [0, 0.1) is 5.41 Å². The summed E-state index contributed by atoms with van der Waals surface area (Å²) in [6, 6.07) is 10.5. The standard InChI is InChI=1S/C20H29N3O/c1-2-9-20(16-24)10-6-11-22(15-20)14-19-12-21-17-23(19)13-18-7-4-3-5-8-18/h3-5,7-8,12,17,24H,2,6,9-11,13-16H2,1H3. The first-order valence-corrected chi connectivity index (χ1v) is 9.11. The van der Waals surface area contributed by atoms with Crippen molar-refractivity contribution in [2.75, 3.05) is 19.7 Å². The highest BCUT2D eigenvalue weighted by atomic mass is 16.3. The maximum atomic E-state index is 9.92. The van der Waals surface area contributed by atoms with Gasteiger partial charge in [0.2, 0.25) is 0 Å². The van der Waals surface area contributed by atoms with Gasteiger partial charge in [-0.2, -0.15) is 0 Å². The number of aromatic nitrogens is 2. The number of benzene rings is 1. The maximum Gasteiger partial charge on any atom is 0.0951 e. The molecule has 1 aliphatic heterocycles. The molecule has 2 aromatic rings. The molecule has 1 N–H and O–H groups in total. The Balaban J connectivity index is 1.67. The fourth-order valence-corrected chi connectivity index (χ4v) is 4.02. The molecule has 1 fully saturated rings. The molecule has 1 aromatic heterocycles. The minimum atomic E-state index is 0.0945. The number of aliphatic hydroxyl groups is 1. The van der Waals surface area contributed by atoms with Crippen LogP contribution in [0.15, 0.2) is 42.9 Å². The van der Waals surface area contributed by atoms with Crippen LogP contribution in [0.1, 0.15) is 43.9 Å². The minimum Gasteiger partial charge on any atom is -0.396 e. The summed E-state index contributed by atoms with van der Waals surface area (Å²) in [5.41, 5.74) is 2.65. The van der Waals surface area contributed by atoms with Crippen LogP contribution in [-0.2, 0) is 13.1 Å². The third kappa shape index (κ3) is 4.05. The van der Waals surface area contributed by atoms with Gasteiger partial charge in [0.1, 0.15) is 0 Å². The maximum absolute atomic E-state index is 9.92. The lowest BCUT2D eigenvalue weighted by Gasteiger charge is -2.42. The highest BCUT2D eigenvalue weighted by molar-refractivity contribution is 5.16. The molecule has 1 aliphatic rings. The molecule has 2 heterocycles. The highest BCUT2D eigenvalue weighted by Gasteiger charge is 2.34. The summed E-state index contributed by atoms with van der Waals surface area (Å²) in [7, 11) is 0. The molecule has 0 saturated carbocycles. The zero-order chi connectivity index (χ0) is 16.8. The zero-order valence-corrected chi connectivity index (χ0v) is 14.7. The van der Waals surface area contributed by atoms with Gasteiger partial charge in [0.25, 0.3) is 0 Å². The number of hydrogen-bond acceptors (Lipinski definition) is 3. The Morgan fingerprint density at radius 2 is 2.04 bits per heavy atom. The number of rotatable bonds is 7. The first kappa shape index (κ1) is 17.2. The molecule has 1 atom stereocenters. The van der Waals surface area contributed by atoms with Gasteiger partial charge in [-0.05, 0) is 31.4 Å². The van der Waals surface area contributed by atoms with Crippen molar-refractivity contribution in [3.63, 3.8) is 0 Å². The van der Waals surface area contributed by atoms with Crippen molar-refractivity contribution in [3.8, 4) is 0 Å². The average Bonchev–Trinajstić information content (AvgIpc) is 3.03. The van der Waals surface area contributed by atoms with Gasteiger partial charge >= 0.3 is 0 Å². The molecule has 1 saturated heterocycles. The summed E-state index contributed by atoms with van der Waals surface area (Å²) in [6.45, 7) is 6.41. The minimum absolute atomic E-state index is 0.0945. The number of hydrogen-bond donors (Lipinski definition) is 1. The SMILES string of the molecule is CCCC1(CO)CCCN(Cc2cncn2Cc2ccccc2)C1. The van der Waals surface area contributed by atoms with Gasteiger partial charge in [0.05, 0.1) is 12.0 Å². The van der Waals surface area contributed by atoms with E-state index < -0.39 is 0 Å². The van der Waals surface area contributed by atoms with Crippen molar-refractivity contribution in [1.82, 2.24) is 14.5 Å². The molecule has 0 amide bonds. The Morgan fingerprint density at radius 1 is 1.21 bits per heavy atom. The fraction of sp³-hybridized carbons (Fsp3) is 0.550. The number of piperidine rings is 1. The second kappa shape index (κ2) is 7.95. The fourth-order valence-electron chi connectivity index (χ4n) is 4.02. The molecular formula is C20H29N3O. The largest absolute Gasteiger partial charge is 0.396 e. The smallest absolute Gasteiger partial charge is 0.0951 e. The molecule has 24 heavy (non-hydrogen) atoms. The van der Waals surface area contributed by atoms with E-state index in [4.69, 9.17) is 0 Å². The van der Waals surface area contributed by atoms with E-state index in [0.29, 0.717) is 6.61 Å². The van der Waals surface area contributed by atoms with E-state index in [0.717, 1.165) is 45.4 Å². The first-order valence-electron chi connectivity index (χ1n) is 9.11. The monoisotopic (exact) mass is 327 g/mol. The topological polar surface area (TPSA) is 41.3 Å². The van der Waals surface area contributed by atoms with Gasteiger partial charge in [-0.3, -0.25) is 4.90 Å². The summed E-state index contributed by atoms with van der Waals surface area (Å²) in [6.07, 6.45) is 8.49. The summed E-state index contributed by atoms with van der Waals surface area (Å²) < 4.78 is 2.24. The lowest BCUT2D eigenvalue weighted by atomic mass is 9.77. The van der Waals surface area contributed by atoms with Crippen molar-refractivity contribution < 1.29 is 5.11 Å². The van der Waals surface area contributed by atoms with Gasteiger partial charge in [0, 0.05) is 37.9 Å². The van der Waals surface area contributed by atoms with Gasteiger partial charge < -0.3 is 9.67 Å². The molecule has 0 bridgehead atoms. The molecule has 4 heteroatoms. The number of aliphatic hydroxyl groups excluding tert-OH is 1. The molecule has 0 spiro atoms. The Labute approximate surface area is 145 Å². The van der Waals surface area contributed by atoms with E-state index >= 15 is 0 Å². The van der Waals surface area contributed by atoms with E-state index in [1.54, 1.807) is 0 Å². The summed E-state index contributed by atoms with van der Waals surface area (Å²) in [5, 5.41) is 9.92. The predicted molar refractivity (Wildman–Crippen MR) is 96.7 cm³/mol. The van der Waals surface area contributed by atoms with Crippen molar-refractivity contribution >= 4 is 0 Å². The molecule has 0 aliphatic carbocycles. The van der Waals surface area contributed by atoms with E-state index in [-0.39, 0.29) is 5.41 Å². The third-order valence-electron chi connectivity index (χ3n) is 5.24. The molecule has 1 aromatic carbocycles. The van der Waals surface area contributed by atoms with E-state index in [1.807, 2.05) is 18.6 Å². The van der Waals surface area contributed by atoms with Crippen LogP contribution in [0.2, 0.25) is 0 Å². The Morgan fingerprint density at radius 3 is 2.79 bits per heavy atom. The number of imidazole rings is 1. The van der Waals surface area contributed by atoms with Crippen molar-refractivity contribution in [2.24, 2.45) is 5.41 Å². The van der Waals surface area contributed by atoms with E-state index in [2.05, 4.69) is 45.6 Å². The molecular weight excluding hydrogens is 298 g/mol. The third-order valence-corrected chi connectivity index (χ3v) is 5.24. The zero-order valence-electron chi connectivity index (χ0n) is 14.7. The molecule has 1 unspecified atom stereocenters. The van der Waals surface area contributed by atoms with Gasteiger partial charge in [-0.25, -0.2) is 4.98 Å². The first-order chi connectivity index (χ1) is 11.7. The summed E-state index contributed by atoms with van der Waals surface area (Å²) in [5.74, 6) is 0. The van der Waals surface area contributed by atoms with Crippen LogP contribution in [0.5, 0.6) is 0 Å². The molecule has 3 rings (SSSR count). The predicted octanol–water partition coefficient (Wildman–Crippen LogP) is 3.31. The van der Waals surface area contributed by atoms with Crippen molar-refractivity contribution in [1.29, 1.82) is 0 Å². The van der Waals surface area contributed by atoms with Gasteiger partial charge in [-0.15, -0.1) is 0 Å². The summed E-state index contributed by atoms with van der Waals surface area (Å²) >= 11 is 0. The number of nitrogens with zero attached hydrogens (tertiary/aromatic N) is 3. The summed E-state index contributed by atoms with van der Waals surface area (Å²) in [4.78, 5) is 6.86. The lowest BCUT2D eigenvalue weighted by molar-refractivity contribution is 0.0208. The average molecular weight is 327 g/mol. The highest BCUT2D eigenvalue weighted by Crippen LogP contribution is 2.34. The van der Waals surface area contributed by atoms with Gasteiger partial charge in [0.15, 0.2) is 0 Å². The van der Waals surface area contributed by atoms with Crippen LogP contribution < -0.4 is 0 Å². The van der Waals surface area contributed by atoms with Crippen molar-refractivity contribution in [3.05, 3.63) is 54.1 Å². The van der Waals surface area contributed by atoms with E-state index in [9.17, 15) is 5.11 Å². The number of likely N-dealkylation sites (tertiary alicyclic amines) is 1. The Kier molecular flexibility index (Phi) is 5.69. The van der Waals surface area contributed by atoms with Crippen LogP contribution in [0.25, 0.3) is 0 Å². The lowest BCUT2D eigenvalue weighted by Crippen LogP contribution is -2.45. The second-order valence-corrected chi connectivity index (χ2v) is 7.22. The Hall–Kier alpha value is -1.65. The van der Waals surface area contributed by atoms with Crippen LogP contribution >= 0.6 is 0 Å². The quantitative estimate of drug-likeness (QED) is 0.848. The normalized spacial score (nSPS) is 21.9. The van der Waals surface area contributed by atoms with E-state index in [1.165, 1.54) is 17.7 Å². The molecule has 130 valence electrons. The van der Waals surface area contributed by atoms with Crippen LogP contribution in [0.3, 0.4) is 0 Å². The molecule has 4 nitrogen and oxygen atoms in total.